The van der Waals surface area contributed by atoms with Gasteiger partial charge in [0.1, 0.15) is 12.1 Å². The van der Waals surface area contributed by atoms with Crippen LogP contribution >= 0.6 is 0 Å². The highest BCUT2D eigenvalue weighted by Gasteiger charge is 2.40. The van der Waals surface area contributed by atoms with E-state index in [1.807, 2.05) is 30.3 Å². The molecule has 0 saturated carbocycles. The molecule has 14 heteroatoms. The van der Waals surface area contributed by atoms with Crippen LogP contribution < -0.4 is 16.0 Å². The van der Waals surface area contributed by atoms with Crippen molar-refractivity contribution in [1.82, 2.24) is 20.3 Å². The van der Waals surface area contributed by atoms with Gasteiger partial charge in [-0.1, -0.05) is 30.3 Å². The molecule has 1 aliphatic rings. The van der Waals surface area contributed by atoms with E-state index in [0.717, 1.165) is 41.2 Å². The van der Waals surface area contributed by atoms with Gasteiger partial charge in [0.15, 0.2) is 0 Å². The first-order chi connectivity index (χ1) is 17.6. The summed E-state index contributed by atoms with van der Waals surface area (Å²) in [5, 5.41) is 18.5. The number of rotatable bonds is 10. The molecule has 0 bridgehead atoms. The molecule has 3 amide bonds. The second-order valence-electron chi connectivity index (χ2n) is 8.16. The summed E-state index contributed by atoms with van der Waals surface area (Å²) in [5.74, 6) is -1.55. The van der Waals surface area contributed by atoms with Crippen molar-refractivity contribution in [3.8, 4) is 0 Å². The molecular weight excluding hydrogens is 506 g/mol. The number of nitro groups is 1. The Morgan fingerprint density at radius 3 is 2.41 bits per heavy atom. The normalized spacial score (nSPS) is 16.4. The zero-order valence-corrected chi connectivity index (χ0v) is 20.8. The van der Waals surface area contributed by atoms with Gasteiger partial charge in [-0.25, -0.2) is 18.0 Å². The predicted molar refractivity (Wildman–Crippen MR) is 131 cm³/mol. The van der Waals surface area contributed by atoms with Crippen LogP contribution in [0.1, 0.15) is 18.4 Å². The Labute approximate surface area is 213 Å². The van der Waals surface area contributed by atoms with Gasteiger partial charge in [-0.3, -0.25) is 14.9 Å². The molecule has 1 heterocycles. The molecule has 13 nitrogen and oxygen atoms in total. The summed E-state index contributed by atoms with van der Waals surface area (Å²) in [6.45, 7) is 0.0146. The van der Waals surface area contributed by atoms with Gasteiger partial charge in [0.2, 0.25) is 15.9 Å². The van der Waals surface area contributed by atoms with Gasteiger partial charge >= 0.3 is 12.0 Å². The molecule has 0 aliphatic carbocycles. The van der Waals surface area contributed by atoms with Crippen LogP contribution in [0, 0.1) is 10.1 Å². The first kappa shape index (κ1) is 27.5. The number of hydrogen-bond donors (Lipinski definition) is 3. The van der Waals surface area contributed by atoms with Crippen molar-refractivity contribution in [3.63, 3.8) is 0 Å². The summed E-state index contributed by atoms with van der Waals surface area (Å²) in [6.07, 6.45) is 0.601. The highest BCUT2D eigenvalue weighted by atomic mass is 32.2. The monoisotopic (exact) mass is 533 g/mol. The first-order valence-electron chi connectivity index (χ1n) is 11.3. The van der Waals surface area contributed by atoms with E-state index >= 15 is 0 Å². The number of nitro benzene ring substituents is 1. The Kier molecular flexibility index (Phi) is 9.14. The maximum atomic E-state index is 13.1. The molecule has 2 aromatic carbocycles. The van der Waals surface area contributed by atoms with E-state index in [-0.39, 0.29) is 36.6 Å². The largest absolute Gasteiger partial charge is 0.467 e. The van der Waals surface area contributed by atoms with Crippen LogP contribution in [0.4, 0.5) is 10.5 Å². The van der Waals surface area contributed by atoms with Crippen molar-refractivity contribution in [2.75, 3.05) is 20.2 Å². The van der Waals surface area contributed by atoms with E-state index in [1.54, 1.807) is 0 Å². The second kappa shape index (κ2) is 12.3. The molecule has 0 aromatic heterocycles. The molecule has 1 saturated heterocycles. The van der Waals surface area contributed by atoms with Crippen LogP contribution in [-0.2, 0) is 30.9 Å². The fourth-order valence-electron chi connectivity index (χ4n) is 3.80. The fourth-order valence-corrected chi connectivity index (χ4v) is 5.46. The van der Waals surface area contributed by atoms with Gasteiger partial charge in [-0.05, 0) is 30.5 Å². The lowest BCUT2D eigenvalue weighted by Crippen LogP contribution is -2.55. The topological polar surface area (TPSA) is 177 Å². The fraction of sp³-hybridized carbons (Fsp3) is 0.348. The van der Waals surface area contributed by atoms with E-state index < -0.39 is 44.9 Å². The lowest BCUT2D eigenvalue weighted by molar-refractivity contribution is -0.384. The molecule has 0 radical (unpaired) electrons. The van der Waals surface area contributed by atoms with Crippen LogP contribution in [0.25, 0.3) is 0 Å². The van der Waals surface area contributed by atoms with Gasteiger partial charge in [0, 0.05) is 25.2 Å². The molecule has 0 unspecified atom stereocenters. The maximum Gasteiger partial charge on any atom is 0.330 e. The number of non-ortho nitro benzene ring substituents is 1. The van der Waals surface area contributed by atoms with E-state index in [4.69, 9.17) is 4.74 Å². The molecular formula is C23H27N5O8S. The van der Waals surface area contributed by atoms with Gasteiger partial charge in [-0.2, -0.15) is 4.31 Å². The molecule has 3 rings (SSSR count). The van der Waals surface area contributed by atoms with Crippen molar-refractivity contribution in [1.29, 1.82) is 0 Å². The molecule has 2 aromatic rings. The molecule has 2 atom stereocenters. The number of methoxy groups -OCH3 is 1. The molecule has 3 N–H and O–H groups in total. The van der Waals surface area contributed by atoms with Crippen LogP contribution in [-0.4, -0.2) is 67.8 Å². The number of carbonyl (C=O) groups is 3. The third-order valence-corrected chi connectivity index (χ3v) is 7.65. The van der Waals surface area contributed by atoms with E-state index in [2.05, 4.69) is 16.0 Å². The molecule has 37 heavy (non-hydrogen) atoms. The van der Waals surface area contributed by atoms with E-state index in [1.165, 1.54) is 0 Å². The average Bonchev–Trinajstić information content (AvgIpc) is 3.41. The zero-order chi connectivity index (χ0) is 27.0. The summed E-state index contributed by atoms with van der Waals surface area (Å²) < 4.78 is 32.0. The SMILES string of the molecule is COC(=O)[C@H](CNC(=O)NCc1ccccc1)NC(=O)[C@@H]1CCCN1S(=O)(=O)c1ccc([N+](=O)[O-])cc1. The standard InChI is InChI=1S/C23H27N5O8S/c1-36-22(30)19(15-25-23(31)24-14-16-6-3-2-4-7-16)26-21(29)20-8-5-13-27(20)37(34,35)18-11-9-17(10-12-18)28(32)33/h2-4,6-7,9-12,19-20H,5,8,13-15H2,1H3,(H,26,29)(H2,24,25,31)/t19-,20-/m0/s1. The number of amides is 3. The van der Waals surface area contributed by atoms with Gasteiger partial charge in [0.25, 0.3) is 5.69 Å². The summed E-state index contributed by atoms with van der Waals surface area (Å²) in [5.41, 5.74) is 0.599. The highest BCUT2D eigenvalue weighted by Crippen LogP contribution is 2.27. The number of esters is 1. The van der Waals surface area contributed by atoms with Crippen molar-refractivity contribution >= 4 is 33.6 Å². The number of ether oxygens (including phenoxy) is 1. The highest BCUT2D eigenvalue weighted by molar-refractivity contribution is 7.89. The molecule has 1 fully saturated rings. The van der Waals surface area contributed by atoms with Crippen LogP contribution in [0.2, 0.25) is 0 Å². The number of sulfonamides is 1. The molecule has 0 spiro atoms. The predicted octanol–water partition coefficient (Wildman–Crippen LogP) is 0.905. The Morgan fingerprint density at radius 1 is 1.11 bits per heavy atom. The zero-order valence-electron chi connectivity index (χ0n) is 20.0. The minimum absolute atomic E-state index is 0.0560. The van der Waals surface area contributed by atoms with Crippen LogP contribution in [0.15, 0.2) is 59.5 Å². The minimum atomic E-state index is -4.14. The molecule has 1 aliphatic heterocycles. The minimum Gasteiger partial charge on any atom is -0.467 e. The maximum absolute atomic E-state index is 13.1. The summed E-state index contributed by atoms with van der Waals surface area (Å²) in [7, 11) is -3.02. The van der Waals surface area contributed by atoms with Crippen LogP contribution in [0.3, 0.4) is 0 Å². The lowest BCUT2D eigenvalue weighted by atomic mass is 10.2. The molecule has 198 valence electrons. The third-order valence-electron chi connectivity index (χ3n) is 5.73. The van der Waals surface area contributed by atoms with E-state index in [9.17, 15) is 32.9 Å². The number of carbonyl (C=O) groups excluding carboxylic acids is 3. The van der Waals surface area contributed by atoms with Crippen LogP contribution in [0.5, 0.6) is 0 Å². The average molecular weight is 534 g/mol. The van der Waals surface area contributed by atoms with Gasteiger partial charge in [-0.15, -0.1) is 0 Å². The van der Waals surface area contributed by atoms with Gasteiger partial charge < -0.3 is 20.7 Å². The number of benzene rings is 2. The van der Waals surface area contributed by atoms with Gasteiger partial charge in [0.05, 0.1) is 23.5 Å². The Morgan fingerprint density at radius 2 is 1.78 bits per heavy atom. The van der Waals surface area contributed by atoms with Crippen molar-refractivity contribution in [2.24, 2.45) is 0 Å². The number of nitrogens with one attached hydrogen (secondary N) is 3. The van der Waals surface area contributed by atoms with Crippen molar-refractivity contribution in [2.45, 2.75) is 36.4 Å². The number of hydrogen-bond acceptors (Lipinski definition) is 8. The van der Waals surface area contributed by atoms with Crippen molar-refractivity contribution < 1.29 is 32.5 Å². The smallest absolute Gasteiger partial charge is 0.330 e. The van der Waals surface area contributed by atoms with Crippen molar-refractivity contribution in [3.05, 3.63) is 70.3 Å². The number of nitrogens with zero attached hydrogens (tertiary/aromatic N) is 2. The first-order valence-corrected chi connectivity index (χ1v) is 12.8. The Balaban J connectivity index is 1.64. The summed E-state index contributed by atoms with van der Waals surface area (Å²) in [4.78, 5) is 47.5. The second-order valence-corrected chi connectivity index (χ2v) is 10.0. The summed E-state index contributed by atoms with van der Waals surface area (Å²) in [6, 6.07) is 10.6. The summed E-state index contributed by atoms with van der Waals surface area (Å²) >= 11 is 0. The quantitative estimate of drug-likeness (QED) is 0.229. The Hall–Kier alpha value is -4.04. The Bertz CT molecular complexity index is 1240. The lowest BCUT2D eigenvalue weighted by Gasteiger charge is -2.25. The number of urea groups is 1. The third kappa shape index (κ3) is 7.01. The van der Waals surface area contributed by atoms with E-state index in [0.29, 0.717) is 6.42 Å².